The first kappa shape index (κ1) is 20.7. The van der Waals surface area contributed by atoms with Gasteiger partial charge in [-0.1, -0.05) is 59.8 Å². The zero-order valence-corrected chi connectivity index (χ0v) is 19.3. The Balaban J connectivity index is 1.52. The normalized spacial score (nSPS) is 12.3. The number of hydrogen-bond acceptors (Lipinski definition) is 6. The second kappa shape index (κ2) is 8.72. The zero-order chi connectivity index (χ0) is 22.1. The predicted molar refractivity (Wildman–Crippen MR) is 130 cm³/mol. The van der Waals surface area contributed by atoms with Crippen molar-refractivity contribution in [3.05, 3.63) is 76.5 Å². The van der Waals surface area contributed by atoms with E-state index in [4.69, 9.17) is 4.98 Å². The first-order chi connectivity index (χ1) is 15.6. The van der Waals surface area contributed by atoms with Crippen molar-refractivity contribution in [2.75, 3.05) is 0 Å². The number of thiophene rings is 1. The number of benzene rings is 2. The molecule has 1 amide bonds. The topological polar surface area (TPSA) is 72.2 Å². The van der Waals surface area contributed by atoms with Gasteiger partial charge in [-0.15, -0.1) is 21.5 Å². The smallest absolute Gasteiger partial charge is 0.233 e. The van der Waals surface area contributed by atoms with Crippen LogP contribution in [0.15, 0.2) is 71.2 Å². The number of para-hydroxylation sites is 1. The summed E-state index contributed by atoms with van der Waals surface area (Å²) in [5.41, 5.74) is 3.75. The molecule has 5 aromatic rings. The van der Waals surface area contributed by atoms with Gasteiger partial charge in [-0.05, 0) is 37.4 Å². The molecule has 0 radical (unpaired) electrons. The SMILES string of the molecule is Cc1ccc(-c2nc3ccccc3c3nnc(SC(C)C(=O)NCc4cccs4)n23)cc1. The first-order valence-corrected chi connectivity index (χ1v) is 12.0. The van der Waals surface area contributed by atoms with Crippen LogP contribution < -0.4 is 5.32 Å². The molecule has 0 saturated carbocycles. The molecule has 0 saturated heterocycles. The van der Waals surface area contributed by atoms with Crippen molar-refractivity contribution in [3.8, 4) is 11.4 Å². The summed E-state index contributed by atoms with van der Waals surface area (Å²) in [7, 11) is 0. The minimum Gasteiger partial charge on any atom is -0.350 e. The van der Waals surface area contributed by atoms with Crippen LogP contribution in [0.4, 0.5) is 0 Å². The maximum atomic E-state index is 12.7. The Bertz CT molecular complexity index is 1390. The molecule has 32 heavy (non-hydrogen) atoms. The second-order valence-corrected chi connectivity index (χ2v) is 9.86. The largest absolute Gasteiger partial charge is 0.350 e. The number of aryl methyl sites for hydroxylation is 1. The highest BCUT2D eigenvalue weighted by atomic mass is 32.2. The Morgan fingerprint density at radius 2 is 1.91 bits per heavy atom. The fourth-order valence-electron chi connectivity index (χ4n) is 3.48. The third-order valence-electron chi connectivity index (χ3n) is 5.19. The van der Waals surface area contributed by atoms with Crippen LogP contribution in [0.2, 0.25) is 0 Å². The maximum absolute atomic E-state index is 12.7. The molecule has 1 atom stereocenters. The molecule has 1 unspecified atom stereocenters. The van der Waals surface area contributed by atoms with Crippen molar-refractivity contribution < 1.29 is 4.79 Å². The van der Waals surface area contributed by atoms with Crippen molar-refractivity contribution >= 4 is 45.6 Å². The minimum atomic E-state index is -0.334. The Morgan fingerprint density at radius 1 is 1.09 bits per heavy atom. The van der Waals surface area contributed by atoms with Gasteiger partial charge in [0.15, 0.2) is 10.8 Å². The monoisotopic (exact) mass is 459 g/mol. The van der Waals surface area contributed by atoms with Gasteiger partial charge in [-0.2, -0.15) is 0 Å². The van der Waals surface area contributed by atoms with Crippen LogP contribution in [0, 0.1) is 6.92 Å². The molecule has 1 N–H and O–H groups in total. The lowest BCUT2D eigenvalue weighted by Crippen LogP contribution is -2.30. The fraction of sp³-hybridized carbons (Fsp3) is 0.167. The number of carbonyl (C=O) groups is 1. The van der Waals surface area contributed by atoms with Crippen LogP contribution in [-0.2, 0) is 11.3 Å². The predicted octanol–water partition coefficient (Wildman–Crippen LogP) is 5.11. The van der Waals surface area contributed by atoms with Gasteiger partial charge >= 0.3 is 0 Å². The van der Waals surface area contributed by atoms with Gasteiger partial charge in [0.05, 0.1) is 17.3 Å². The van der Waals surface area contributed by atoms with Crippen molar-refractivity contribution in [3.63, 3.8) is 0 Å². The minimum absolute atomic E-state index is 0.0363. The Hall–Kier alpha value is -3.23. The molecule has 0 fully saturated rings. The van der Waals surface area contributed by atoms with Crippen LogP contribution in [0.25, 0.3) is 27.9 Å². The van der Waals surface area contributed by atoms with Crippen LogP contribution >= 0.6 is 23.1 Å². The van der Waals surface area contributed by atoms with Crippen molar-refractivity contribution in [1.29, 1.82) is 0 Å². The summed E-state index contributed by atoms with van der Waals surface area (Å²) in [5, 5.41) is 15.2. The molecule has 0 spiro atoms. The van der Waals surface area contributed by atoms with Gasteiger partial charge < -0.3 is 5.32 Å². The summed E-state index contributed by atoms with van der Waals surface area (Å²) in [6.07, 6.45) is 0. The van der Waals surface area contributed by atoms with E-state index in [0.717, 1.165) is 32.8 Å². The van der Waals surface area contributed by atoms with E-state index in [1.807, 2.05) is 53.1 Å². The van der Waals surface area contributed by atoms with Gasteiger partial charge in [-0.3, -0.25) is 9.20 Å². The number of fused-ring (bicyclic) bond motifs is 3. The van der Waals surface area contributed by atoms with Gasteiger partial charge in [0.25, 0.3) is 0 Å². The number of aromatic nitrogens is 4. The van der Waals surface area contributed by atoms with Crippen LogP contribution in [0.1, 0.15) is 17.4 Å². The number of rotatable bonds is 6. The fourth-order valence-corrected chi connectivity index (χ4v) is 4.99. The van der Waals surface area contributed by atoms with Gasteiger partial charge in [-0.25, -0.2) is 4.98 Å². The van der Waals surface area contributed by atoms with E-state index in [-0.39, 0.29) is 11.2 Å². The summed E-state index contributed by atoms with van der Waals surface area (Å²) in [6, 6.07) is 20.2. The molecule has 3 heterocycles. The van der Waals surface area contributed by atoms with Crippen LogP contribution in [0.5, 0.6) is 0 Å². The lowest BCUT2D eigenvalue weighted by Gasteiger charge is -2.13. The molecule has 2 aromatic carbocycles. The van der Waals surface area contributed by atoms with E-state index in [1.54, 1.807) is 11.3 Å². The van der Waals surface area contributed by atoms with E-state index in [0.29, 0.717) is 11.7 Å². The summed E-state index contributed by atoms with van der Waals surface area (Å²) in [5.74, 6) is 0.725. The van der Waals surface area contributed by atoms with E-state index >= 15 is 0 Å². The number of nitrogens with zero attached hydrogens (tertiary/aromatic N) is 4. The Kier molecular flexibility index (Phi) is 5.63. The second-order valence-electron chi connectivity index (χ2n) is 7.52. The van der Waals surface area contributed by atoms with Gasteiger partial charge in [0.1, 0.15) is 5.82 Å². The van der Waals surface area contributed by atoms with E-state index in [9.17, 15) is 4.79 Å². The number of amides is 1. The van der Waals surface area contributed by atoms with Crippen molar-refractivity contribution in [2.24, 2.45) is 0 Å². The first-order valence-electron chi connectivity index (χ1n) is 10.3. The zero-order valence-electron chi connectivity index (χ0n) is 17.6. The summed E-state index contributed by atoms with van der Waals surface area (Å²) >= 11 is 3.02. The van der Waals surface area contributed by atoms with Crippen molar-refractivity contribution in [2.45, 2.75) is 30.8 Å². The van der Waals surface area contributed by atoms with Gasteiger partial charge in [0, 0.05) is 15.8 Å². The average molecular weight is 460 g/mol. The lowest BCUT2D eigenvalue weighted by atomic mass is 10.1. The molecule has 0 aliphatic heterocycles. The van der Waals surface area contributed by atoms with Gasteiger partial charge in [0.2, 0.25) is 5.91 Å². The highest BCUT2D eigenvalue weighted by Gasteiger charge is 2.21. The maximum Gasteiger partial charge on any atom is 0.233 e. The number of hydrogen-bond donors (Lipinski definition) is 1. The molecule has 160 valence electrons. The highest BCUT2D eigenvalue weighted by molar-refractivity contribution is 8.00. The molecule has 0 bridgehead atoms. The standard InChI is InChI=1S/C24H21N5OS2/c1-15-9-11-17(12-10-15)21-26-20-8-4-3-7-19(20)22-27-28-24(29(21)22)32-16(2)23(30)25-14-18-6-5-13-31-18/h3-13,16H,14H2,1-2H3,(H,25,30). The lowest BCUT2D eigenvalue weighted by molar-refractivity contribution is -0.120. The Morgan fingerprint density at radius 3 is 2.69 bits per heavy atom. The van der Waals surface area contributed by atoms with Crippen LogP contribution in [-0.4, -0.2) is 30.7 Å². The summed E-state index contributed by atoms with van der Waals surface area (Å²) in [4.78, 5) is 18.8. The molecular weight excluding hydrogens is 438 g/mol. The van der Waals surface area contributed by atoms with E-state index in [1.165, 1.54) is 17.3 Å². The molecular formula is C24H21N5OS2. The Labute approximate surface area is 193 Å². The van der Waals surface area contributed by atoms with E-state index < -0.39 is 0 Å². The third-order valence-corrected chi connectivity index (χ3v) is 7.11. The third kappa shape index (κ3) is 3.99. The molecule has 0 aliphatic rings. The number of nitrogens with one attached hydrogen (secondary N) is 1. The van der Waals surface area contributed by atoms with Crippen molar-refractivity contribution in [1.82, 2.24) is 24.9 Å². The quantitative estimate of drug-likeness (QED) is 0.357. The summed E-state index contributed by atoms with van der Waals surface area (Å²) in [6.45, 7) is 4.47. The highest BCUT2D eigenvalue weighted by Crippen LogP contribution is 2.30. The van der Waals surface area contributed by atoms with Crippen LogP contribution in [0.3, 0.4) is 0 Å². The molecule has 3 aromatic heterocycles. The molecule has 8 heteroatoms. The molecule has 6 nitrogen and oxygen atoms in total. The number of carbonyl (C=O) groups excluding carboxylic acids is 1. The average Bonchev–Trinajstić information content (AvgIpc) is 3.48. The summed E-state index contributed by atoms with van der Waals surface area (Å²) < 4.78 is 1.96. The number of thioether (sulfide) groups is 1. The van der Waals surface area contributed by atoms with E-state index in [2.05, 4.69) is 46.7 Å². The molecule has 5 rings (SSSR count). The molecule has 0 aliphatic carbocycles.